The number of rotatable bonds is 4. The number of nitrogens with zero attached hydrogens (tertiary/aromatic N) is 2. The van der Waals surface area contributed by atoms with Gasteiger partial charge in [-0.2, -0.15) is 0 Å². The van der Waals surface area contributed by atoms with Crippen LogP contribution in [0.5, 0.6) is 0 Å². The highest BCUT2D eigenvalue weighted by molar-refractivity contribution is 7.09. The van der Waals surface area contributed by atoms with Crippen LogP contribution in [0.2, 0.25) is 0 Å². The summed E-state index contributed by atoms with van der Waals surface area (Å²) >= 11 is 1.50. The van der Waals surface area contributed by atoms with E-state index in [0.717, 1.165) is 10.7 Å². The first kappa shape index (κ1) is 15.4. The Labute approximate surface area is 117 Å². The highest BCUT2D eigenvalue weighted by atomic mass is 32.1. The highest BCUT2D eigenvalue weighted by Gasteiger charge is 2.19. The second-order valence-electron chi connectivity index (χ2n) is 4.62. The lowest BCUT2D eigenvalue weighted by molar-refractivity contribution is -0.130. The van der Waals surface area contributed by atoms with E-state index in [1.54, 1.807) is 21.0 Å². The number of nitrogens with one attached hydrogen (secondary N) is 2. The minimum absolute atomic E-state index is 0.145. The van der Waals surface area contributed by atoms with Gasteiger partial charge in [0.2, 0.25) is 5.91 Å². The molecule has 2 N–H and O–H groups in total. The van der Waals surface area contributed by atoms with Crippen molar-refractivity contribution in [2.45, 2.75) is 32.9 Å². The Morgan fingerprint density at radius 3 is 2.42 bits per heavy atom. The molecule has 0 bridgehead atoms. The molecule has 2 atom stereocenters. The molecule has 1 aromatic rings. The lowest BCUT2D eigenvalue weighted by Gasteiger charge is -2.19. The third kappa shape index (κ3) is 4.51. The van der Waals surface area contributed by atoms with Crippen molar-refractivity contribution in [3.8, 4) is 0 Å². The van der Waals surface area contributed by atoms with Gasteiger partial charge in [0.15, 0.2) is 0 Å². The monoisotopic (exact) mass is 284 g/mol. The molecule has 1 aromatic heterocycles. The fourth-order valence-corrected chi connectivity index (χ4v) is 2.32. The predicted molar refractivity (Wildman–Crippen MR) is 75.1 cm³/mol. The van der Waals surface area contributed by atoms with Crippen LogP contribution in [0, 0.1) is 6.92 Å². The lowest BCUT2D eigenvalue weighted by atomic mass is 10.3. The summed E-state index contributed by atoms with van der Waals surface area (Å²) in [5, 5.41) is 8.15. The smallest absolute Gasteiger partial charge is 0.315 e. The van der Waals surface area contributed by atoms with E-state index in [4.69, 9.17) is 0 Å². The maximum Gasteiger partial charge on any atom is 0.315 e. The van der Waals surface area contributed by atoms with E-state index >= 15 is 0 Å². The van der Waals surface area contributed by atoms with E-state index in [1.807, 2.05) is 19.2 Å². The number of carbonyl (C=O) groups is 2. The largest absolute Gasteiger partial charge is 0.347 e. The van der Waals surface area contributed by atoms with Crippen molar-refractivity contribution in [1.82, 2.24) is 20.5 Å². The van der Waals surface area contributed by atoms with E-state index in [-0.39, 0.29) is 18.0 Å². The van der Waals surface area contributed by atoms with E-state index in [1.165, 1.54) is 16.2 Å². The Balaban J connectivity index is 2.49. The number of aromatic nitrogens is 1. The van der Waals surface area contributed by atoms with E-state index in [0.29, 0.717) is 0 Å². The topological polar surface area (TPSA) is 74.3 Å². The quantitative estimate of drug-likeness (QED) is 0.875. The minimum Gasteiger partial charge on any atom is -0.347 e. The van der Waals surface area contributed by atoms with Gasteiger partial charge in [0.1, 0.15) is 11.0 Å². The van der Waals surface area contributed by atoms with Crippen molar-refractivity contribution in [2.24, 2.45) is 0 Å². The van der Waals surface area contributed by atoms with Gasteiger partial charge in [0, 0.05) is 25.2 Å². The molecular formula is C12H20N4O2S. The average Bonchev–Trinajstić information content (AvgIpc) is 2.74. The van der Waals surface area contributed by atoms with Crippen molar-refractivity contribution in [2.75, 3.05) is 14.1 Å². The Morgan fingerprint density at radius 1 is 1.32 bits per heavy atom. The fourth-order valence-electron chi connectivity index (χ4n) is 1.52. The number of likely N-dealkylation sites (N-methyl/N-ethyl adjacent to an activating group) is 1. The van der Waals surface area contributed by atoms with Crippen molar-refractivity contribution in [3.05, 3.63) is 16.1 Å². The van der Waals surface area contributed by atoms with Crippen molar-refractivity contribution < 1.29 is 9.59 Å². The number of urea groups is 1. The summed E-state index contributed by atoms with van der Waals surface area (Å²) in [6.45, 7) is 5.42. The number of thiazole rings is 1. The van der Waals surface area contributed by atoms with E-state index in [9.17, 15) is 9.59 Å². The third-order valence-corrected chi connectivity index (χ3v) is 3.66. The maximum atomic E-state index is 11.8. The molecule has 2 unspecified atom stereocenters. The summed E-state index contributed by atoms with van der Waals surface area (Å²) in [4.78, 5) is 29.1. The summed E-state index contributed by atoms with van der Waals surface area (Å²) in [5.41, 5.74) is 0.935. The summed E-state index contributed by atoms with van der Waals surface area (Å²) in [5.74, 6) is -0.145. The molecule has 0 saturated carbocycles. The molecule has 0 aliphatic carbocycles. The first-order valence-corrected chi connectivity index (χ1v) is 6.89. The van der Waals surface area contributed by atoms with E-state index < -0.39 is 6.04 Å². The highest BCUT2D eigenvalue weighted by Crippen LogP contribution is 2.17. The van der Waals surface area contributed by atoms with Crippen molar-refractivity contribution in [1.29, 1.82) is 0 Å². The predicted octanol–water partition coefficient (Wildman–Crippen LogP) is 1.29. The molecule has 0 fully saturated rings. The van der Waals surface area contributed by atoms with Crippen LogP contribution >= 0.6 is 11.3 Å². The molecule has 0 aliphatic heterocycles. The van der Waals surface area contributed by atoms with Crippen LogP contribution in [0.25, 0.3) is 0 Å². The first-order chi connectivity index (χ1) is 8.81. The Morgan fingerprint density at radius 2 is 1.95 bits per heavy atom. The van der Waals surface area contributed by atoms with Gasteiger partial charge in [-0.15, -0.1) is 11.3 Å². The molecule has 0 saturated heterocycles. The van der Waals surface area contributed by atoms with Gasteiger partial charge in [-0.25, -0.2) is 9.78 Å². The molecule has 0 spiro atoms. The van der Waals surface area contributed by atoms with E-state index in [2.05, 4.69) is 15.6 Å². The van der Waals surface area contributed by atoms with Crippen LogP contribution in [0.3, 0.4) is 0 Å². The Bertz CT molecular complexity index is 458. The van der Waals surface area contributed by atoms with Crippen molar-refractivity contribution >= 4 is 23.3 Å². The number of amides is 3. The van der Waals surface area contributed by atoms with Gasteiger partial charge in [-0.05, 0) is 20.8 Å². The molecule has 0 radical (unpaired) electrons. The van der Waals surface area contributed by atoms with Crippen LogP contribution < -0.4 is 10.6 Å². The van der Waals surface area contributed by atoms with Crippen LogP contribution in [-0.4, -0.2) is 42.0 Å². The third-order valence-electron chi connectivity index (χ3n) is 2.51. The molecule has 1 rings (SSSR count). The summed E-state index contributed by atoms with van der Waals surface area (Å²) in [6, 6.07) is -1.11. The zero-order valence-corrected chi connectivity index (χ0v) is 12.7. The molecule has 1 heterocycles. The Kier molecular flexibility index (Phi) is 5.29. The fraction of sp³-hybridized carbons (Fsp3) is 0.583. The number of hydrogen-bond acceptors (Lipinski definition) is 4. The second-order valence-corrected chi connectivity index (χ2v) is 5.51. The summed E-state index contributed by atoms with van der Waals surface area (Å²) in [7, 11) is 3.30. The van der Waals surface area contributed by atoms with Crippen molar-refractivity contribution in [3.63, 3.8) is 0 Å². The summed E-state index contributed by atoms with van der Waals surface area (Å²) in [6.07, 6.45) is 0. The minimum atomic E-state index is -0.555. The van der Waals surface area contributed by atoms with Gasteiger partial charge in [-0.1, -0.05) is 0 Å². The number of hydrogen-bond donors (Lipinski definition) is 2. The zero-order valence-electron chi connectivity index (χ0n) is 11.9. The molecule has 0 aromatic carbocycles. The van der Waals surface area contributed by atoms with Gasteiger partial charge in [-0.3, -0.25) is 4.79 Å². The molecule has 6 nitrogen and oxygen atoms in total. The molecule has 0 aliphatic rings. The average molecular weight is 284 g/mol. The lowest BCUT2D eigenvalue weighted by Crippen LogP contribution is -2.48. The normalized spacial score (nSPS) is 13.5. The zero-order chi connectivity index (χ0) is 14.6. The van der Waals surface area contributed by atoms with Crippen LogP contribution in [-0.2, 0) is 4.79 Å². The van der Waals surface area contributed by atoms with Crippen LogP contribution in [0.15, 0.2) is 5.38 Å². The standard InChI is InChI=1S/C12H20N4O2S/c1-7-6-19-10(13-7)8(2)14-12(18)15-9(3)11(17)16(4)5/h6,8-9H,1-5H3,(H2,14,15,18). The second kappa shape index (κ2) is 6.51. The van der Waals surface area contributed by atoms with Gasteiger partial charge < -0.3 is 15.5 Å². The molecule has 7 heteroatoms. The summed E-state index contributed by atoms with van der Waals surface area (Å²) < 4.78 is 0. The van der Waals surface area contributed by atoms with Gasteiger partial charge in [0.25, 0.3) is 0 Å². The number of carbonyl (C=O) groups excluding carboxylic acids is 2. The molecule has 3 amide bonds. The molecular weight excluding hydrogens is 264 g/mol. The van der Waals surface area contributed by atoms with Crippen LogP contribution in [0.4, 0.5) is 4.79 Å². The molecule has 106 valence electrons. The Hall–Kier alpha value is -1.63. The van der Waals surface area contributed by atoms with Crippen LogP contribution in [0.1, 0.15) is 30.6 Å². The van der Waals surface area contributed by atoms with Gasteiger partial charge >= 0.3 is 6.03 Å². The van der Waals surface area contributed by atoms with Gasteiger partial charge in [0.05, 0.1) is 6.04 Å². The number of aryl methyl sites for hydroxylation is 1. The first-order valence-electron chi connectivity index (χ1n) is 6.01. The SMILES string of the molecule is Cc1csc(C(C)NC(=O)NC(C)C(=O)N(C)C)n1. The molecule has 19 heavy (non-hydrogen) atoms. The maximum absolute atomic E-state index is 11.8.